The van der Waals surface area contributed by atoms with Gasteiger partial charge in [0.2, 0.25) is 0 Å². The van der Waals surface area contributed by atoms with Crippen molar-refractivity contribution in [3.05, 3.63) is 35.9 Å². The fourth-order valence-corrected chi connectivity index (χ4v) is 2.96. The van der Waals surface area contributed by atoms with Crippen LogP contribution >= 0.6 is 0 Å². The highest BCUT2D eigenvalue weighted by molar-refractivity contribution is 5.30. The van der Waals surface area contributed by atoms with Gasteiger partial charge in [-0.15, -0.1) is 0 Å². The predicted octanol–water partition coefficient (Wildman–Crippen LogP) is 4.16. The Hall–Kier alpha value is -1.80. The molecule has 2 heteroatoms. The largest absolute Gasteiger partial charge is 0.197 e. The van der Waals surface area contributed by atoms with Crippen molar-refractivity contribution in [1.29, 1.82) is 10.5 Å². The molecule has 1 aliphatic carbocycles. The third-order valence-electron chi connectivity index (χ3n) is 4.01. The van der Waals surface area contributed by atoms with Crippen molar-refractivity contribution in [2.45, 2.75) is 44.4 Å². The van der Waals surface area contributed by atoms with Crippen LogP contribution in [0, 0.1) is 28.1 Å². The first-order valence-electron chi connectivity index (χ1n) is 6.70. The molecule has 0 amide bonds. The lowest BCUT2D eigenvalue weighted by Crippen LogP contribution is -2.27. The molecule has 92 valence electrons. The van der Waals surface area contributed by atoms with Crippen LogP contribution in [-0.2, 0) is 0 Å². The summed E-state index contributed by atoms with van der Waals surface area (Å²) in [6.45, 7) is 0. The molecule has 0 aromatic heterocycles. The summed E-state index contributed by atoms with van der Waals surface area (Å²) in [5, 5.41) is 19.0. The Balaban J connectivity index is 2.38. The van der Waals surface area contributed by atoms with Gasteiger partial charge in [-0.2, -0.15) is 10.5 Å². The molecule has 0 saturated heterocycles. The lowest BCUT2D eigenvalue weighted by molar-refractivity contribution is 0.316. The highest BCUT2D eigenvalue weighted by Crippen LogP contribution is 2.44. The summed E-state index contributed by atoms with van der Waals surface area (Å²) in [5.74, 6) is 0.0639. The van der Waals surface area contributed by atoms with E-state index in [-0.39, 0.29) is 5.92 Å². The molecule has 1 saturated carbocycles. The zero-order chi connectivity index (χ0) is 12.8. The Kier molecular flexibility index (Phi) is 4.00. The average Bonchev–Trinajstić information content (AvgIpc) is 2.41. The Labute approximate surface area is 109 Å². The van der Waals surface area contributed by atoms with E-state index in [1.165, 1.54) is 6.42 Å². The summed E-state index contributed by atoms with van der Waals surface area (Å²) in [4.78, 5) is 0. The van der Waals surface area contributed by atoms with Gasteiger partial charge < -0.3 is 0 Å². The number of hydrogen-bond acceptors (Lipinski definition) is 2. The van der Waals surface area contributed by atoms with Crippen molar-refractivity contribution < 1.29 is 0 Å². The number of benzene rings is 1. The van der Waals surface area contributed by atoms with Crippen LogP contribution in [0.25, 0.3) is 0 Å². The van der Waals surface area contributed by atoms with E-state index in [4.69, 9.17) is 0 Å². The normalized spacial score (nSPS) is 23.1. The summed E-state index contributed by atoms with van der Waals surface area (Å²) in [6.07, 6.45) is 6.13. The van der Waals surface area contributed by atoms with Gasteiger partial charge in [-0.3, -0.25) is 0 Å². The molecule has 1 aliphatic rings. The van der Waals surface area contributed by atoms with Gasteiger partial charge in [-0.1, -0.05) is 56.0 Å². The van der Waals surface area contributed by atoms with E-state index in [9.17, 15) is 10.5 Å². The lowest BCUT2D eigenvalue weighted by atomic mass is 9.67. The van der Waals surface area contributed by atoms with Crippen LogP contribution < -0.4 is 0 Å². The van der Waals surface area contributed by atoms with E-state index in [2.05, 4.69) is 24.3 Å². The van der Waals surface area contributed by atoms with Crippen molar-refractivity contribution in [3.8, 4) is 12.1 Å². The van der Waals surface area contributed by atoms with E-state index in [1.54, 1.807) is 0 Å². The number of nitrogens with zero attached hydrogens (tertiary/aromatic N) is 2. The molecule has 0 heterocycles. The first kappa shape index (κ1) is 12.7. The molecule has 18 heavy (non-hydrogen) atoms. The Bertz CT molecular complexity index is 450. The maximum absolute atomic E-state index is 9.52. The molecule has 2 nitrogen and oxygen atoms in total. The molecule has 0 radical (unpaired) electrons. The molecule has 0 bridgehead atoms. The number of hydrogen-bond donors (Lipinski definition) is 0. The second-order valence-corrected chi connectivity index (χ2v) is 5.11. The molecule has 0 aliphatic heterocycles. The molecule has 1 aromatic carbocycles. The Morgan fingerprint density at radius 2 is 1.61 bits per heavy atom. The zero-order valence-corrected chi connectivity index (χ0v) is 10.6. The van der Waals surface area contributed by atoms with Crippen molar-refractivity contribution in [2.75, 3.05) is 0 Å². The third kappa shape index (κ3) is 2.39. The third-order valence-corrected chi connectivity index (χ3v) is 4.01. The van der Waals surface area contributed by atoms with Gasteiger partial charge in [0.05, 0.1) is 12.1 Å². The van der Waals surface area contributed by atoms with Crippen molar-refractivity contribution >= 4 is 0 Å². The van der Waals surface area contributed by atoms with Gasteiger partial charge >= 0.3 is 0 Å². The lowest BCUT2D eigenvalue weighted by Gasteiger charge is -2.31. The van der Waals surface area contributed by atoms with E-state index in [1.807, 2.05) is 18.2 Å². The Morgan fingerprint density at radius 1 is 0.944 bits per heavy atom. The van der Waals surface area contributed by atoms with Crippen molar-refractivity contribution in [1.82, 2.24) is 0 Å². The smallest absolute Gasteiger partial charge is 0.150 e. The van der Waals surface area contributed by atoms with Crippen LogP contribution in [0.5, 0.6) is 0 Å². The van der Waals surface area contributed by atoms with Gasteiger partial charge in [0.25, 0.3) is 0 Å². The van der Waals surface area contributed by atoms with Crippen LogP contribution in [0.1, 0.15) is 50.0 Å². The van der Waals surface area contributed by atoms with Crippen LogP contribution in [-0.4, -0.2) is 0 Å². The monoisotopic (exact) mass is 238 g/mol. The van der Waals surface area contributed by atoms with E-state index < -0.39 is 5.41 Å². The summed E-state index contributed by atoms with van der Waals surface area (Å²) < 4.78 is 0. The molecular formula is C16H18N2. The summed E-state index contributed by atoms with van der Waals surface area (Å²) >= 11 is 0. The van der Waals surface area contributed by atoms with E-state index in [0.29, 0.717) is 6.42 Å². The zero-order valence-electron chi connectivity index (χ0n) is 10.6. The second-order valence-electron chi connectivity index (χ2n) is 5.11. The highest BCUT2D eigenvalue weighted by atomic mass is 14.5. The topological polar surface area (TPSA) is 47.6 Å². The highest BCUT2D eigenvalue weighted by Gasteiger charge is 2.40. The predicted molar refractivity (Wildman–Crippen MR) is 70.5 cm³/mol. The van der Waals surface area contributed by atoms with Crippen LogP contribution in [0.2, 0.25) is 0 Å². The molecule has 0 N–H and O–H groups in total. The van der Waals surface area contributed by atoms with Crippen LogP contribution in [0.15, 0.2) is 30.3 Å². The van der Waals surface area contributed by atoms with Crippen molar-refractivity contribution in [3.63, 3.8) is 0 Å². The number of rotatable bonds is 1. The minimum Gasteiger partial charge on any atom is -0.197 e. The SMILES string of the molecule is N#CC1(C#N)CCCCCCC1c1ccccc1. The number of nitriles is 2. The summed E-state index contributed by atoms with van der Waals surface area (Å²) in [5.41, 5.74) is 0.310. The second kappa shape index (κ2) is 5.69. The average molecular weight is 238 g/mol. The minimum absolute atomic E-state index is 0.0639. The molecule has 1 fully saturated rings. The van der Waals surface area contributed by atoms with Gasteiger partial charge in [0, 0.05) is 5.92 Å². The van der Waals surface area contributed by atoms with E-state index in [0.717, 1.165) is 31.2 Å². The maximum atomic E-state index is 9.52. The Morgan fingerprint density at radius 3 is 2.28 bits per heavy atom. The molecular weight excluding hydrogens is 220 g/mol. The summed E-state index contributed by atoms with van der Waals surface area (Å²) in [6, 6.07) is 14.7. The minimum atomic E-state index is -0.832. The van der Waals surface area contributed by atoms with Gasteiger partial charge in [0.15, 0.2) is 5.41 Å². The summed E-state index contributed by atoms with van der Waals surface area (Å²) in [7, 11) is 0. The van der Waals surface area contributed by atoms with Crippen LogP contribution in [0.3, 0.4) is 0 Å². The molecule has 0 spiro atoms. The molecule has 1 aromatic rings. The van der Waals surface area contributed by atoms with Gasteiger partial charge in [-0.05, 0) is 18.4 Å². The molecule has 2 rings (SSSR count). The van der Waals surface area contributed by atoms with Gasteiger partial charge in [-0.25, -0.2) is 0 Å². The first-order valence-corrected chi connectivity index (χ1v) is 6.70. The molecule has 1 unspecified atom stereocenters. The quantitative estimate of drug-likeness (QED) is 0.737. The molecule has 1 atom stereocenters. The maximum Gasteiger partial charge on any atom is 0.150 e. The first-order chi connectivity index (χ1) is 8.82. The fourth-order valence-electron chi connectivity index (χ4n) is 2.96. The van der Waals surface area contributed by atoms with E-state index >= 15 is 0 Å². The van der Waals surface area contributed by atoms with Crippen molar-refractivity contribution in [2.24, 2.45) is 5.41 Å². The van der Waals surface area contributed by atoms with Crippen LogP contribution in [0.4, 0.5) is 0 Å². The standard InChI is InChI=1S/C16H18N2/c17-12-16(13-18)11-7-2-1-6-10-15(16)14-8-4-3-5-9-14/h3-5,8-9,15H,1-2,6-7,10-11H2. The van der Waals surface area contributed by atoms with Gasteiger partial charge in [0.1, 0.15) is 0 Å². The fraction of sp³-hybridized carbons (Fsp3) is 0.500.